The minimum absolute atomic E-state index is 0.121. The molecule has 1 aliphatic rings. The van der Waals surface area contributed by atoms with Crippen LogP contribution in [0.25, 0.3) is 0 Å². The fourth-order valence-electron chi connectivity index (χ4n) is 2.49. The molecule has 0 radical (unpaired) electrons. The Kier molecular flexibility index (Phi) is 4.09. The molecular formula is C15H21F2NO. The molecule has 0 saturated heterocycles. The van der Waals surface area contributed by atoms with Crippen molar-refractivity contribution >= 4 is 0 Å². The minimum atomic E-state index is -0.638. The standard InChI is InChI=1S/C15H21F2NO/c1-4-8-18-12-9-13(15(12,2)3)19-14-10(16)6-5-7-11(14)17/h5-7,12-13,18H,4,8-9H2,1-3H3. The van der Waals surface area contributed by atoms with E-state index in [1.54, 1.807) is 0 Å². The molecule has 19 heavy (non-hydrogen) atoms. The van der Waals surface area contributed by atoms with E-state index >= 15 is 0 Å². The van der Waals surface area contributed by atoms with Crippen LogP contribution in [-0.4, -0.2) is 18.7 Å². The molecule has 1 aromatic carbocycles. The van der Waals surface area contributed by atoms with Crippen LogP contribution in [0, 0.1) is 17.0 Å². The van der Waals surface area contributed by atoms with E-state index in [0.29, 0.717) is 6.04 Å². The van der Waals surface area contributed by atoms with Gasteiger partial charge in [-0.1, -0.05) is 26.8 Å². The highest BCUT2D eigenvalue weighted by Crippen LogP contribution is 2.43. The molecular weight excluding hydrogens is 248 g/mol. The number of benzene rings is 1. The van der Waals surface area contributed by atoms with Crippen LogP contribution in [0.2, 0.25) is 0 Å². The zero-order valence-corrected chi connectivity index (χ0v) is 11.7. The van der Waals surface area contributed by atoms with Crippen LogP contribution in [0.5, 0.6) is 5.75 Å². The van der Waals surface area contributed by atoms with Crippen molar-refractivity contribution in [2.24, 2.45) is 5.41 Å². The molecule has 0 amide bonds. The molecule has 0 heterocycles. The lowest BCUT2D eigenvalue weighted by molar-refractivity contribution is -0.0580. The summed E-state index contributed by atoms with van der Waals surface area (Å²) in [4.78, 5) is 0. The van der Waals surface area contributed by atoms with Crippen molar-refractivity contribution in [2.75, 3.05) is 6.54 Å². The summed E-state index contributed by atoms with van der Waals surface area (Å²) in [5.41, 5.74) is -0.121. The van der Waals surface area contributed by atoms with Crippen molar-refractivity contribution in [1.82, 2.24) is 5.32 Å². The van der Waals surface area contributed by atoms with E-state index in [0.717, 1.165) is 19.4 Å². The maximum atomic E-state index is 13.5. The third-order valence-corrected chi connectivity index (χ3v) is 4.00. The van der Waals surface area contributed by atoms with E-state index in [-0.39, 0.29) is 17.3 Å². The van der Waals surface area contributed by atoms with E-state index < -0.39 is 11.6 Å². The number of hydrogen-bond acceptors (Lipinski definition) is 2. The third kappa shape index (κ3) is 2.73. The van der Waals surface area contributed by atoms with Crippen molar-refractivity contribution < 1.29 is 13.5 Å². The Morgan fingerprint density at radius 3 is 2.47 bits per heavy atom. The highest BCUT2D eigenvalue weighted by molar-refractivity contribution is 5.27. The topological polar surface area (TPSA) is 21.3 Å². The molecule has 2 unspecified atom stereocenters. The molecule has 2 nitrogen and oxygen atoms in total. The normalized spacial score (nSPS) is 24.9. The van der Waals surface area contributed by atoms with Crippen molar-refractivity contribution in [3.63, 3.8) is 0 Å². The van der Waals surface area contributed by atoms with E-state index in [2.05, 4.69) is 26.1 Å². The largest absolute Gasteiger partial charge is 0.484 e. The highest BCUT2D eigenvalue weighted by Gasteiger charge is 2.50. The Morgan fingerprint density at radius 2 is 1.95 bits per heavy atom. The first-order chi connectivity index (χ1) is 8.96. The van der Waals surface area contributed by atoms with Crippen LogP contribution in [0.4, 0.5) is 8.78 Å². The Bertz CT molecular complexity index is 428. The predicted molar refractivity (Wildman–Crippen MR) is 71.3 cm³/mol. The summed E-state index contributed by atoms with van der Waals surface area (Å²) < 4.78 is 32.6. The van der Waals surface area contributed by atoms with E-state index in [4.69, 9.17) is 4.74 Å². The molecule has 2 rings (SSSR count). The molecule has 1 saturated carbocycles. The summed E-state index contributed by atoms with van der Waals surface area (Å²) in [6, 6.07) is 4.12. The van der Waals surface area contributed by atoms with Crippen LogP contribution in [0.1, 0.15) is 33.6 Å². The summed E-state index contributed by atoms with van der Waals surface area (Å²) in [6.45, 7) is 7.19. The zero-order valence-electron chi connectivity index (χ0n) is 11.7. The second kappa shape index (κ2) is 5.45. The number of hydrogen-bond donors (Lipinski definition) is 1. The summed E-state index contributed by atoms with van der Waals surface area (Å²) in [5, 5.41) is 3.44. The Hall–Kier alpha value is -1.16. The summed E-state index contributed by atoms with van der Waals surface area (Å²) >= 11 is 0. The monoisotopic (exact) mass is 269 g/mol. The fourth-order valence-corrected chi connectivity index (χ4v) is 2.49. The molecule has 1 fully saturated rings. The molecule has 1 aromatic rings. The first-order valence-corrected chi connectivity index (χ1v) is 6.80. The number of nitrogens with one attached hydrogen (secondary N) is 1. The van der Waals surface area contributed by atoms with Gasteiger partial charge in [-0.3, -0.25) is 0 Å². The lowest BCUT2D eigenvalue weighted by Gasteiger charge is -2.51. The van der Waals surface area contributed by atoms with Gasteiger partial charge in [0, 0.05) is 17.9 Å². The van der Waals surface area contributed by atoms with E-state index in [1.807, 2.05) is 0 Å². The first-order valence-electron chi connectivity index (χ1n) is 6.80. The Morgan fingerprint density at radius 1 is 1.32 bits per heavy atom. The summed E-state index contributed by atoms with van der Waals surface area (Å²) in [6.07, 6.45) is 1.69. The minimum Gasteiger partial charge on any atom is -0.484 e. The van der Waals surface area contributed by atoms with Crippen molar-refractivity contribution in [2.45, 2.75) is 45.8 Å². The summed E-state index contributed by atoms with van der Waals surface area (Å²) in [7, 11) is 0. The average Bonchev–Trinajstić information content (AvgIpc) is 2.35. The van der Waals surface area contributed by atoms with Gasteiger partial charge in [0.1, 0.15) is 6.10 Å². The fraction of sp³-hybridized carbons (Fsp3) is 0.600. The van der Waals surface area contributed by atoms with Crippen molar-refractivity contribution in [1.29, 1.82) is 0 Å². The van der Waals surface area contributed by atoms with E-state index in [1.165, 1.54) is 18.2 Å². The van der Waals surface area contributed by atoms with Gasteiger partial charge in [0.05, 0.1) is 0 Å². The first kappa shape index (κ1) is 14.3. The molecule has 0 bridgehead atoms. The molecule has 4 heteroatoms. The van der Waals surface area contributed by atoms with Crippen molar-refractivity contribution in [3.05, 3.63) is 29.8 Å². The maximum absolute atomic E-state index is 13.5. The van der Waals surface area contributed by atoms with Gasteiger partial charge in [-0.2, -0.15) is 0 Å². The molecule has 2 atom stereocenters. The van der Waals surface area contributed by atoms with Gasteiger partial charge in [-0.25, -0.2) is 8.78 Å². The number of rotatable bonds is 5. The number of halogens is 2. The van der Waals surface area contributed by atoms with Gasteiger partial charge in [0.2, 0.25) is 0 Å². The molecule has 0 spiro atoms. The predicted octanol–water partition coefficient (Wildman–Crippen LogP) is 3.51. The maximum Gasteiger partial charge on any atom is 0.191 e. The number of para-hydroxylation sites is 1. The van der Waals surface area contributed by atoms with Gasteiger partial charge in [0.25, 0.3) is 0 Å². The van der Waals surface area contributed by atoms with Crippen molar-refractivity contribution in [3.8, 4) is 5.75 Å². The number of ether oxygens (including phenoxy) is 1. The van der Waals surface area contributed by atoms with Gasteiger partial charge in [0.15, 0.2) is 17.4 Å². The quantitative estimate of drug-likeness (QED) is 0.883. The second-order valence-electron chi connectivity index (χ2n) is 5.72. The van der Waals surface area contributed by atoms with Crippen LogP contribution < -0.4 is 10.1 Å². The van der Waals surface area contributed by atoms with Crippen LogP contribution in [0.15, 0.2) is 18.2 Å². The molecule has 1 aliphatic carbocycles. The van der Waals surface area contributed by atoms with Crippen LogP contribution >= 0.6 is 0 Å². The highest BCUT2D eigenvalue weighted by atomic mass is 19.1. The smallest absolute Gasteiger partial charge is 0.191 e. The van der Waals surface area contributed by atoms with Gasteiger partial charge < -0.3 is 10.1 Å². The molecule has 0 aliphatic heterocycles. The second-order valence-corrected chi connectivity index (χ2v) is 5.72. The molecule has 106 valence electrons. The lowest BCUT2D eigenvalue weighted by Crippen LogP contribution is -2.62. The molecule has 0 aromatic heterocycles. The van der Waals surface area contributed by atoms with Gasteiger partial charge >= 0.3 is 0 Å². The zero-order chi connectivity index (χ0) is 14.0. The van der Waals surface area contributed by atoms with Crippen LogP contribution in [0.3, 0.4) is 0 Å². The SMILES string of the molecule is CCCNC1CC(Oc2c(F)cccc2F)C1(C)C. The Balaban J connectivity index is 2.02. The third-order valence-electron chi connectivity index (χ3n) is 4.00. The van der Waals surface area contributed by atoms with Gasteiger partial charge in [-0.15, -0.1) is 0 Å². The van der Waals surface area contributed by atoms with Crippen LogP contribution in [-0.2, 0) is 0 Å². The lowest BCUT2D eigenvalue weighted by atomic mass is 9.64. The van der Waals surface area contributed by atoms with E-state index in [9.17, 15) is 8.78 Å². The molecule has 1 N–H and O–H groups in total. The van der Waals surface area contributed by atoms with Gasteiger partial charge in [-0.05, 0) is 25.1 Å². The summed E-state index contributed by atoms with van der Waals surface area (Å²) in [5.74, 6) is -1.53. The Labute approximate surface area is 113 Å². The average molecular weight is 269 g/mol.